The number of ether oxygens (including phenoxy) is 3. The fraction of sp³-hybridized carbons (Fsp3) is 0.579. The smallest absolute Gasteiger partial charge is 0.410 e. The van der Waals surface area contributed by atoms with Gasteiger partial charge in [-0.25, -0.2) is 4.79 Å². The number of rotatable bonds is 14. The second-order valence-electron chi connectivity index (χ2n) is 14.5. The number of nitrogens with one attached hydrogen (secondary N) is 1. The van der Waals surface area contributed by atoms with Crippen LogP contribution in [0.2, 0.25) is 0 Å². The SMILES string of the molecule is COC(=O)C[C@H](NC(=O)[C@@H]1CCCN(C(=O)CCC2CCN(C(=O)OC(C)(C)C)CC2)C1)c1cccc(OCCOS(=O)(=O)c2ccc(C)cc2)c1. The molecular weight excluding hydrogens is 690 g/mol. The van der Waals surface area contributed by atoms with E-state index in [0.29, 0.717) is 62.7 Å². The standard InChI is InChI=1S/C38H53N3O10S/c1-27-11-14-32(15-12-27)52(46,47)50-23-22-49-31-10-6-8-29(24-31)33(25-35(43)48-5)39-36(44)30-9-7-19-41(26-30)34(42)16-13-28-17-20-40(21-18-28)37(45)51-38(2,3)4/h6,8,10-12,14-15,24,28,30,33H,7,9,13,16-23,25-26H2,1-5H3,(H,39,44)/t30-,33+/m1/s1. The van der Waals surface area contributed by atoms with Crippen LogP contribution < -0.4 is 10.1 Å². The van der Waals surface area contributed by atoms with E-state index < -0.39 is 33.6 Å². The molecule has 0 bridgehead atoms. The van der Waals surface area contributed by atoms with Crippen molar-refractivity contribution in [3.63, 3.8) is 0 Å². The molecule has 0 aliphatic carbocycles. The number of carbonyl (C=O) groups excluding carboxylic acids is 4. The van der Waals surface area contributed by atoms with Crippen LogP contribution in [0.4, 0.5) is 4.79 Å². The highest BCUT2D eigenvalue weighted by Gasteiger charge is 2.32. The first kappa shape index (κ1) is 40.6. The predicted molar refractivity (Wildman–Crippen MR) is 193 cm³/mol. The van der Waals surface area contributed by atoms with Gasteiger partial charge in [-0.05, 0) is 95.5 Å². The van der Waals surface area contributed by atoms with E-state index in [1.54, 1.807) is 46.2 Å². The number of aryl methyl sites for hydroxylation is 1. The molecule has 0 saturated carbocycles. The zero-order valence-electron chi connectivity index (χ0n) is 30.9. The van der Waals surface area contributed by atoms with Crippen LogP contribution in [-0.4, -0.2) is 94.2 Å². The van der Waals surface area contributed by atoms with Crippen molar-refractivity contribution < 1.29 is 46.0 Å². The first-order valence-corrected chi connectivity index (χ1v) is 19.4. The normalized spacial score (nSPS) is 17.6. The fourth-order valence-corrected chi connectivity index (χ4v) is 7.22. The Labute approximate surface area is 307 Å². The highest BCUT2D eigenvalue weighted by atomic mass is 32.2. The molecule has 2 atom stereocenters. The second-order valence-corrected chi connectivity index (χ2v) is 16.1. The quantitative estimate of drug-likeness (QED) is 0.156. The van der Waals surface area contributed by atoms with Crippen molar-refractivity contribution in [3.8, 4) is 5.75 Å². The number of piperidine rings is 2. The Morgan fingerprint density at radius 2 is 1.65 bits per heavy atom. The summed E-state index contributed by atoms with van der Waals surface area (Å²) in [5, 5.41) is 3.00. The van der Waals surface area contributed by atoms with Gasteiger partial charge in [0.2, 0.25) is 11.8 Å². The van der Waals surface area contributed by atoms with E-state index in [2.05, 4.69) is 5.32 Å². The molecule has 3 amide bonds. The van der Waals surface area contributed by atoms with Gasteiger partial charge in [0, 0.05) is 32.6 Å². The number of likely N-dealkylation sites (tertiary alicyclic amines) is 2. The molecule has 2 fully saturated rings. The lowest BCUT2D eigenvalue weighted by molar-refractivity contribution is -0.141. The highest BCUT2D eigenvalue weighted by Crippen LogP contribution is 2.27. The van der Waals surface area contributed by atoms with Gasteiger partial charge < -0.3 is 29.3 Å². The molecule has 2 saturated heterocycles. The van der Waals surface area contributed by atoms with E-state index in [9.17, 15) is 27.6 Å². The maximum Gasteiger partial charge on any atom is 0.410 e. The number of carbonyl (C=O) groups is 4. The predicted octanol–water partition coefficient (Wildman–Crippen LogP) is 5.17. The molecule has 13 nitrogen and oxygen atoms in total. The van der Waals surface area contributed by atoms with Gasteiger partial charge in [0.15, 0.2) is 0 Å². The van der Waals surface area contributed by atoms with E-state index in [0.717, 1.165) is 24.8 Å². The maximum atomic E-state index is 13.6. The molecular formula is C38H53N3O10S. The van der Waals surface area contributed by atoms with Crippen LogP contribution in [0.3, 0.4) is 0 Å². The maximum absolute atomic E-state index is 13.6. The van der Waals surface area contributed by atoms with Crippen LogP contribution in [0.25, 0.3) is 0 Å². The summed E-state index contributed by atoms with van der Waals surface area (Å²) in [4.78, 5) is 55.1. The van der Waals surface area contributed by atoms with Crippen molar-refractivity contribution in [1.82, 2.24) is 15.1 Å². The van der Waals surface area contributed by atoms with E-state index in [1.165, 1.54) is 19.2 Å². The molecule has 0 spiro atoms. The molecule has 2 aliphatic heterocycles. The number of benzene rings is 2. The topological polar surface area (TPSA) is 158 Å². The first-order chi connectivity index (χ1) is 24.6. The van der Waals surface area contributed by atoms with Crippen molar-refractivity contribution in [2.45, 2.75) is 89.2 Å². The number of amides is 3. The summed E-state index contributed by atoms with van der Waals surface area (Å²) >= 11 is 0. The van der Waals surface area contributed by atoms with Gasteiger partial charge in [-0.2, -0.15) is 8.42 Å². The summed E-state index contributed by atoms with van der Waals surface area (Å²) in [6.07, 6.45) is 3.61. The molecule has 2 aromatic rings. The van der Waals surface area contributed by atoms with Crippen molar-refractivity contribution in [1.29, 1.82) is 0 Å². The third-order valence-electron chi connectivity index (χ3n) is 9.25. The average molecular weight is 744 g/mol. The molecule has 2 aliphatic rings. The molecule has 286 valence electrons. The minimum atomic E-state index is -3.94. The average Bonchev–Trinajstić information content (AvgIpc) is 3.12. The molecule has 0 aromatic heterocycles. The van der Waals surface area contributed by atoms with E-state index in [-0.39, 0.29) is 42.4 Å². The molecule has 0 radical (unpaired) electrons. The monoisotopic (exact) mass is 743 g/mol. The summed E-state index contributed by atoms with van der Waals surface area (Å²) in [6, 6.07) is 12.5. The Bertz CT molecular complexity index is 1630. The molecule has 52 heavy (non-hydrogen) atoms. The fourth-order valence-electron chi connectivity index (χ4n) is 6.32. The van der Waals surface area contributed by atoms with Crippen LogP contribution in [0.15, 0.2) is 53.4 Å². The van der Waals surface area contributed by atoms with Gasteiger partial charge in [0.1, 0.15) is 24.6 Å². The number of nitrogens with zero attached hydrogens (tertiary/aromatic N) is 2. The Hall–Kier alpha value is -4.17. The van der Waals surface area contributed by atoms with Gasteiger partial charge in [0.25, 0.3) is 10.1 Å². The van der Waals surface area contributed by atoms with Crippen molar-refractivity contribution in [2.75, 3.05) is 46.5 Å². The van der Waals surface area contributed by atoms with Crippen LogP contribution in [0.1, 0.15) is 82.9 Å². The van der Waals surface area contributed by atoms with Gasteiger partial charge in [0.05, 0.1) is 30.4 Å². The van der Waals surface area contributed by atoms with Crippen molar-refractivity contribution >= 4 is 34.0 Å². The van der Waals surface area contributed by atoms with Gasteiger partial charge in [-0.1, -0.05) is 29.8 Å². The van der Waals surface area contributed by atoms with Crippen molar-refractivity contribution in [3.05, 3.63) is 59.7 Å². The number of methoxy groups -OCH3 is 1. The summed E-state index contributed by atoms with van der Waals surface area (Å²) in [5.41, 5.74) is 0.990. The third kappa shape index (κ3) is 12.5. The van der Waals surface area contributed by atoms with Crippen LogP contribution >= 0.6 is 0 Å². The van der Waals surface area contributed by atoms with Crippen LogP contribution in [-0.2, 0) is 38.2 Å². The van der Waals surface area contributed by atoms with E-state index in [4.69, 9.17) is 18.4 Å². The van der Waals surface area contributed by atoms with Gasteiger partial charge in [-0.3, -0.25) is 18.6 Å². The van der Waals surface area contributed by atoms with E-state index in [1.807, 2.05) is 27.7 Å². The molecule has 2 aromatic carbocycles. The van der Waals surface area contributed by atoms with Gasteiger partial charge >= 0.3 is 12.1 Å². The van der Waals surface area contributed by atoms with Crippen LogP contribution in [0, 0.1) is 18.8 Å². The third-order valence-corrected chi connectivity index (χ3v) is 10.6. The lowest BCUT2D eigenvalue weighted by atomic mass is 9.91. The lowest BCUT2D eigenvalue weighted by Crippen LogP contribution is -2.46. The van der Waals surface area contributed by atoms with Crippen LogP contribution in [0.5, 0.6) is 5.75 Å². The number of esters is 1. The molecule has 14 heteroatoms. The Morgan fingerprint density at radius 3 is 2.33 bits per heavy atom. The summed E-state index contributed by atoms with van der Waals surface area (Å²) in [7, 11) is -2.66. The zero-order chi connectivity index (χ0) is 37.9. The summed E-state index contributed by atoms with van der Waals surface area (Å²) in [6.45, 7) is 9.22. The largest absolute Gasteiger partial charge is 0.491 e. The minimum Gasteiger partial charge on any atom is -0.491 e. The van der Waals surface area contributed by atoms with Crippen molar-refractivity contribution in [2.24, 2.45) is 11.8 Å². The Kier molecular flexibility index (Phi) is 14.5. The summed E-state index contributed by atoms with van der Waals surface area (Å²) in [5.74, 6) is -0.459. The second kappa shape index (κ2) is 18.5. The minimum absolute atomic E-state index is 0.0127. The summed E-state index contributed by atoms with van der Waals surface area (Å²) < 4.78 is 46.2. The first-order valence-electron chi connectivity index (χ1n) is 18.0. The lowest BCUT2D eigenvalue weighted by Gasteiger charge is -2.35. The molecule has 1 N–H and O–H groups in total. The Morgan fingerprint density at radius 1 is 0.942 bits per heavy atom. The Balaban J connectivity index is 1.27. The van der Waals surface area contributed by atoms with Gasteiger partial charge in [-0.15, -0.1) is 0 Å². The molecule has 4 rings (SSSR count). The molecule has 0 unspecified atom stereocenters. The molecule has 2 heterocycles. The highest BCUT2D eigenvalue weighted by molar-refractivity contribution is 7.86. The van der Waals surface area contributed by atoms with E-state index >= 15 is 0 Å². The number of hydrogen-bond donors (Lipinski definition) is 1. The zero-order valence-corrected chi connectivity index (χ0v) is 31.7. The number of hydrogen-bond acceptors (Lipinski definition) is 10.